The number of likely N-dealkylation sites (tertiary alicyclic amines) is 1. The van der Waals surface area contributed by atoms with Gasteiger partial charge in [-0.05, 0) is 36.8 Å². The summed E-state index contributed by atoms with van der Waals surface area (Å²) in [5.41, 5.74) is 3.53. The fourth-order valence-corrected chi connectivity index (χ4v) is 5.64. The first-order chi connectivity index (χ1) is 21.1. The highest BCUT2D eigenvalue weighted by Crippen LogP contribution is 2.32. The molecule has 0 radical (unpaired) electrons. The van der Waals surface area contributed by atoms with Crippen molar-refractivity contribution in [1.82, 2.24) is 35.1 Å². The number of hydrogen-bond acceptors (Lipinski definition) is 6. The number of rotatable bonds is 10. The smallest absolute Gasteiger partial charge is 0.320 e. The summed E-state index contributed by atoms with van der Waals surface area (Å²) < 4.78 is 36.9. The third kappa shape index (κ3) is 6.79. The maximum Gasteiger partial charge on any atom is 0.320 e. The summed E-state index contributed by atoms with van der Waals surface area (Å²) in [4.78, 5) is 27.4. The number of anilines is 1. The molecular weight excluding hydrogens is 570 g/mol. The molecule has 3 atom stereocenters. The van der Waals surface area contributed by atoms with E-state index in [0.717, 1.165) is 22.9 Å². The molecule has 1 saturated heterocycles. The average molecular weight is 607 g/mol. The first-order valence-electron chi connectivity index (χ1n) is 14.3. The number of carbonyl (C=O) groups is 2. The maximum absolute atomic E-state index is 14.3. The Morgan fingerprint density at radius 3 is 2.55 bits per heavy atom. The number of carbonyl (C=O) groups excluding carboxylic acids is 2. The van der Waals surface area contributed by atoms with Crippen LogP contribution in [0.4, 0.5) is 19.4 Å². The number of benzene rings is 2. The lowest BCUT2D eigenvalue weighted by atomic mass is 9.94. The van der Waals surface area contributed by atoms with Gasteiger partial charge < -0.3 is 15.4 Å². The largest absolute Gasteiger partial charge is 0.383 e. The Bertz CT molecular complexity index is 1620. The Morgan fingerprint density at radius 1 is 1.11 bits per heavy atom. The molecule has 1 aliphatic rings. The zero-order valence-electron chi connectivity index (χ0n) is 25.1. The van der Waals surface area contributed by atoms with Crippen molar-refractivity contribution >= 4 is 17.8 Å². The van der Waals surface area contributed by atoms with Crippen LogP contribution >= 0.6 is 0 Å². The third-order valence-corrected chi connectivity index (χ3v) is 7.83. The van der Waals surface area contributed by atoms with E-state index in [1.54, 1.807) is 22.7 Å². The second-order valence-corrected chi connectivity index (χ2v) is 11.0. The van der Waals surface area contributed by atoms with Gasteiger partial charge in [-0.1, -0.05) is 24.3 Å². The van der Waals surface area contributed by atoms with Crippen LogP contribution < -0.4 is 16.0 Å². The molecule has 44 heavy (non-hydrogen) atoms. The average Bonchev–Trinajstić information content (AvgIpc) is 3.70. The predicted octanol–water partition coefficient (Wildman–Crippen LogP) is 3.60. The molecule has 232 valence electrons. The van der Waals surface area contributed by atoms with Gasteiger partial charge in [-0.3, -0.25) is 19.7 Å². The Hall–Kier alpha value is -4.62. The van der Waals surface area contributed by atoms with Gasteiger partial charge in [0.15, 0.2) is 11.6 Å². The Kier molecular flexibility index (Phi) is 9.35. The SMILES string of the molecule is COCC(CNC(C)=O)N1C[C@@H](NC(=O)Nc2c(C)c(-c3cnn(C)c3)nn2-c2ccccc2)[C@H](c2ccc(F)c(F)c2)C1. The van der Waals surface area contributed by atoms with Crippen molar-refractivity contribution in [2.75, 3.05) is 38.7 Å². The van der Waals surface area contributed by atoms with Crippen LogP contribution in [0.25, 0.3) is 16.9 Å². The van der Waals surface area contributed by atoms with Crippen molar-refractivity contribution in [2.24, 2.45) is 7.05 Å². The van der Waals surface area contributed by atoms with Crippen LogP contribution in [-0.4, -0.2) is 81.8 Å². The number of halogens is 2. The van der Waals surface area contributed by atoms with Crippen LogP contribution in [0.5, 0.6) is 0 Å². The lowest BCUT2D eigenvalue weighted by molar-refractivity contribution is -0.119. The molecule has 3 amide bonds. The number of ether oxygens (including phenoxy) is 1. The van der Waals surface area contributed by atoms with Gasteiger partial charge in [0.25, 0.3) is 0 Å². The minimum Gasteiger partial charge on any atom is -0.383 e. The van der Waals surface area contributed by atoms with Crippen molar-refractivity contribution < 1.29 is 23.1 Å². The topological polar surface area (TPSA) is 118 Å². The van der Waals surface area contributed by atoms with Gasteiger partial charge >= 0.3 is 6.03 Å². The van der Waals surface area contributed by atoms with Gasteiger partial charge in [0.2, 0.25) is 5.91 Å². The van der Waals surface area contributed by atoms with Gasteiger partial charge in [-0.2, -0.15) is 10.2 Å². The zero-order valence-corrected chi connectivity index (χ0v) is 25.1. The number of aromatic nitrogens is 4. The molecule has 2 aromatic heterocycles. The molecule has 1 aliphatic heterocycles. The van der Waals surface area contributed by atoms with E-state index in [-0.39, 0.29) is 17.9 Å². The van der Waals surface area contributed by atoms with E-state index >= 15 is 0 Å². The molecule has 13 heteroatoms. The number of hydrogen-bond donors (Lipinski definition) is 3. The van der Waals surface area contributed by atoms with E-state index in [4.69, 9.17) is 9.84 Å². The standard InChI is InChI=1S/C31H36F2N8O3/c1-19-29(22-13-35-39(3)15-22)38-41(23-8-6-5-7-9-23)30(19)37-31(43)36-28-17-40(24(18-44-4)14-34-20(2)42)16-25(28)21-10-11-26(32)27(33)12-21/h5-13,15,24-25,28H,14,16-18H2,1-4H3,(H,34,42)(H2,36,37,43)/t24?,25-,28+/m0/s1. The highest BCUT2D eigenvalue weighted by Gasteiger charge is 2.38. The van der Waals surface area contributed by atoms with Gasteiger partial charge in [-0.25, -0.2) is 18.3 Å². The fraction of sp³-hybridized carbons (Fsp3) is 0.355. The normalized spacial score (nSPS) is 17.4. The number of urea groups is 1. The molecule has 0 saturated carbocycles. The fourth-order valence-electron chi connectivity index (χ4n) is 5.64. The lowest BCUT2D eigenvalue weighted by Crippen LogP contribution is -2.47. The van der Waals surface area contributed by atoms with Gasteiger partial charge in [0, 0.05) is 64.0 Å². The summed E-state index contributed by atoms with van der Waals surface area (Å²) in [5, 5.41) is 18.0. The molecule has 1 unspecified atom stereocenters. The van der Waals surface area contributed by atoms with Gasteiger partial charge in [0.1, 0.15) is 11.5 Å². The highest BCUT2D eigenvalue weighted by molar-refractivity contribution is 5.91. The minimum absolute atomic E-state index is 0.174. The van der Waals surface area contributed by atoms with Crippen molar-refractivity contribution in [3.05, 3.63) is 83.7 Å². The van der Waals surface area contributed by atoms with Crippen LogP contribution in [0.1, 0.15) is 24.0 Å². The van der Waals surface area contributed by atoms with Crippen LogP contribution in [0.2, 0.25) is 0 Å². The quantitative estimate of drug-likeness (QED) is 0.254. The summed E-state index contributed by atoms with van der Waals surface area (Å²) in [6, 6.07) is 12.1. The van der Waals surface area contributed by atoms with E-state index in [1.165, 1.54) is 19.1 Å². The predicted molar refractivity (Wildman–Crippen MR) is 161 cm³/mol. The number of nitrogens with one attached hydrogen (secondary N) is 3. The second kappa shape index (κ2) is 13.3. The molecule has 3 heterocycles. The summed E-state index contributed by atoms with van der Waals surface area (Å²) >= 11 is 0. The van der Waals surface area contributed by atoms with E-state index in [2.05, 4.69) is 25.9 Å². The number of nitrogens with zero attached hydrogens (tertiary/aromatic N) is 5. The number of aryl methyl sites for hydroxylation is 1. The molecule has 11 nitrogen and oxygen atoms in total. The summed E-state index contributed by atoms with van der Waals surface area (Å²) in [7, 11) is 3.39. The van der Waals surface area contributed by atoms with Crippen LogP contribution in [0.15, 0.2) is 60.9 Å². The molecule has 4 aromatic rings. The molecule has 3 N–H and O–H groups in total. The van der Waals surface area contributed by atoms with Crippen molar-refractivity contribution in [2.45, 2.75) is 31.8 Å². The van der Waals surface area contributed by atoms with Gasteiger partial charge in [0.05, 0.1) is 30.6 Å². The van der Waals surface area contributed by atoms with Crippen LogP contribution in [0.3, 0.4) is 0 Å². The molecule has 0 bridgehead atoms. The number of amides is 3. The summed E-state index contributed by atoms with van der Waals surface area (Å²) in [6.07, 6.45) is 3.57. The van der Waals surface area contributed by atoms with E-state index in [1.807, 2.05) is 50.5 Å². The minimum atomic E-state index is -0.957. The highest BCUT2D eigenvalue weighted by atomic mass is 19.2. The monoisotopic (exact) mass is 606 g/mol. The van der Waals surface area contributed by atoms with Gasteiger partial charge in [-0.15, -0.1) is 0 Å². The second-order valence-electron chi connectivity index (χ2n) is 11.0. The molecular formula is C31H36F2N8O3. The molecule has 2 aromatic carbocycles. The van der Waals surface area contributed by atoms with Crippen molar-refractivity contribution in [3.63, 3.8) is 0 Å². The van der Waals surface area contributed by atoms with E-state index < -0.39 is 23.7 Å². The maximum atomic E-state index is 14.3. The molecule has 5 rings (SSSR count). The number of para-hydroxylation sites is 1. The van der Waals surface area contributed by atoms with Crippen LogP contribution in [0, 0.1) is 18.6 Å². The van der Waals surface area contributed by atoms with Crippen LogP contribution in [-0.2, 0) is 16.6 Å². The lowest BCUT2D eigenvalue weighted by Gasteiger charge is -2.27. The summed E-state index contributed by atoms with van der Waals surface area (Å²) in [6.45, 7) is 4.80. The Morgan fingerprint density at radius 2 is 1.89 bits per heavy atom. The third-order valence-electron chi connectivity index (χ3n) is 7.83. The Balaban J connectivity index is 1.43. The first kappa shape index (κ1) is 30.8. The number of methoxy groups -OCH3 is 1. The van der Waals surface area contributed by atoms with E-state index in [9.17, 15) is 18.4 Å². The molecule has 0 aliphatic carbocycles. The van der Waals surface area contributed by atoms with Crippen molar-refractivity contribution in [1.29, 1.82) is 0 Å². The molecule has 0 spiro atoms. The molecule has 1 fully saturated rings. The first-order valence-corrected chi connectivity index (χ1v) is 14.3. The summed E-state index contributed by atoms with van der Waals surface area (Å²) in [5.74, 6) is -1.95. The van der Waals surface area contributed by atoms with Crippen molar-refractivity contribution in [3.8, 4) is 16.9 Å². The zero-order chi connectivity index (χ0) is 31.4. The Labute approximate surface area is 254 Å². The van der Waals surface area contributed by atoms with E-state index in [0.29, 0.717) is 43.3 Å².